The normalized spacial score (nSPS) is 10.6. The Hall–Kier alpha value is -1.49. The van der Waals surface area contributed by atoms with Crippen LogP contribution in [0.3, 0.4) is 0 Å². The van der Waals surface area contributed by atoms with Crippen LogP contribution in [0.15, 0.2) is 22.7 Å². The quantitative estimate of drug-likeness (QED) is 0.796. The zero-order chi connectivity index (χ0) is 10.8. The van der Waals surface area contributed by atoms with E-state index in [1.165, 1.54) is 12.1 Å². The van der Waals surface area contributed by atoms with Crippen molar-refractivity contribution in [2.45, 2.75) is 6.42 Å². The fourth-order valence-electron chi connectivity index (χ4n) is 1.14. The van der Waals surface area contributed by atoms with Gasteiger partial charge in [-0.3, -0.25) is 0 Å². The highest BCUT2D eigenvalue weighted by Gasteiger charge is 2.09. The number of nitrogens with zero attached hydrogens (tertiary/aromatic N) is 2. The maximum absolute atomic E-state index is 13.2. The van der Waals surface area contributed by atoms with E-state index >= 15 is 0 Å². The molecule has 0 amide bonds. The van der Waals surface area contributed by atoms with Crippen molar-refractivity contribution in [1.29, 1.82) is 0 Å². The van der Waals surface area contributed by atoms with Gasteiger partial charge in [0, 0.05) is 12.5 Å². The van der Waals surface area contributed by atoms with Gasteiger partial charge in [0.05, 0.1) is 0 Å². The van der Waals surface area contributed by atoms with E-state index in [0.717, 1.165) is 6.07 Å². The van der Waals surface area contributed by atoms with E-state index in [1.54, 1.807) is 0 Å². The number of halogens is 3. The first-order valence-corrected chi connectivity index (χ1v) is 4.45. The van der Waals surface area contributed by atoms with Gasteiger partial charge in [0.15, 0.2) is 5.82 Å². The molecule has 0 bridgehead atoms. The summed E-state index contributed by atoms with van der Waals surface area (Å²) in [6.45, 7) is 0. The fourth-order valence-corrected chi connectivity index (χ4v) is 1.27. The van der Waals surface area contributed by atoms with Gasteiger partial charge in [-0.05, 0) is 23.2 Å². The van der Waals surface area contributed by atoms with Crippen LogP contribution in [0, 0.1) is 11.6 Å². The van der Waals surface area contributed by atoms with Crippen molar-refractivity contribution in [3.05, 3.63) is 46.6 Å². The lowest BCUT2D eigenvalue weighted by molar-refractivity contribution is 0.412. The van der Waals surface area contributed by atoms with E-state index in [1.807, 2.05) is 0 Å². The van der Waals surface area contributed by atoms with Crippen molar-refractivity contribution >= 4 is 11.6 Å². The molecule has 0 saturated carbocycles. The highest BCUT2D eigenvalue weighted by atomic mass is 35.5. The summed E-state index contributed by atoms with van der Waals surface area (Å²) in [6, 6.07) is 3.30. The molecule has 0 radical (unpaired) electrons. The van der Waals surface area contributed by atoms with Crippen LogP contribution >= 0.6 is 11.6 Å². The van der Waals surface area contributed by atoms with Crippen LogP contribution in [0.4, 0.5) is 8.78 Å². The summed E-state index contributed by atoms with van der Waals surface area (Å²) >= 11 is 5.40. The molecule has 1 heterocycles. The van der Waals surface area contributed by atoms with E-state index in [2.05, 4.69) is 14.7 Å². The number of benzene rings is 1. The third-order valence-corrected chi connectivity index (χ3v) is 1.96. The molecule has 78 valence electrons. The van der Waals surface area contributed by atoms with Crippen LogP contribution in [0.2, 0.25) is 5.35 Å². The molecule has 2 rings (SSSR count). The van der Waals surface area contributed by atoms with Gasteiger partial charge in [0.2, 0.25) is 0 Å². The van der Waals surface area contributed by atoms with E-state index in [0.29, 0.717) is 0 Å². The number of rotatable bonds is 2. The molecule has 0 spiro atoms. The Morgan fingerprint density at radius 3 is 2.73 bits per heavy atom. The molecule has 0 saturated heterocycles. The highest BCUT2D eigenvalue weighted by Crippen LogP contribution is 2.14. The summed E-state index contributed by atoms with van der Waals surface area (Å²) in [4.78, 5) is 3.70. The number of hydrogen-bond acceptors (Lipinski definition) is 3. The predicted molar refractivity (Wildman–Crippen MR) is 48.5 cm³/mol. The van der Waals surface area contributed by atoms with Crippen molar-refractivity contribution in [3.63, 3.8) is 0 Å². The van der Waals surface area contributed by atoms with E-state index < -0.39 is 11.6 Å². The SMILES string of the molecule is Fc1ccc(Cc2noc(Cl)n2)c(F)c1. The zero-order valence-electron chi connectivity index (χ0n) is 7.38. The summed E-state index contributed by atoms with van der Waals surface area (Å²) in [5.41, 5.74) is 0.286. The Morgan fingerprint density at radius 2 is 2.13 bits per heavy atom. The van der Waals surface area contributed by atoms with Gasteiger partial charge < -0.3 is 4.52 Å². The number of hydrogen-bond donors (Lipinski definition) is 0. The number of aromatic nitrogens is 2. The van der Waals surface area contributed by atoms with Gasteiger partial charge in [-0.1, -0.05) is 11.2 Å². The highest BCUT2D eigenvalue weighted by molar-refractivity contribution is 6.27. The second kappa shape index (κ2) is 3.94. The van der Waals surface area contributed by atoms with Crippen molar-refractivity contribution in [1.82, 2.24) is 10.1 Å². The average Bonchev–Trinajstić information content (AvgIpc) is 2.56. The molecule has 0 aliphatic heterocycles. The monoisotopic (exact) mass is 230 g/mol. The Bertz CT molecular complexity index is 487. The minimum Gasteiger partial charge on any atom is -0.321 e. The molecule has 15 heavy (non-hydrogen) atoms. The molecular weight excluding hydrogens is 226 g/mol. The molecule has 6 heteroatoms. The van der Waals surface area contributed by atoms with Crippen LogP contribution in [0.5, 0.6) is 0 Å². The molecule has 0 unspecified atom stereocenters. The van der Waals surface area contributed by atoms with Crippen LogP contribution in [-0.4, -0.2) is 10.1 Å². The summed E-state index contributed by atoms with van der Waals surface area (Å²) in [5.74, 6) is -1.01. The van der Waals surface area contributed by atoms with Gasteiger partial charge in [0.1, 0.15) is 11.6 Å². The summed E-state index contributed by atoms with van der Waals surface area (Å²) in [6.07, 6.45) is 0.113. The first-order chi connectivity index (χ1) is 7.15. The van der Waals surface area contributed by atoms with Gasteiger partial charge >= 0.3 is 5.35 Å². The molecule has 1 aromatic carbocycles. The molecular formula is C9H5ClF2N2O. The third kappa shape index (κ3) is 2.30. The van der Waals surface area contributed by atoms with Gasteiger partial charge in [-0.25, -0.2) is 8.78 Å². The lowest BCUT2D eigenvalue weighted by atomic mass is 10.1. The fraction of sp³-hybridized carbons (Fsp3) is 0.111. The van der Waals surface area contributed by atoms with E-state index in [4.69, 9.17) is 11.6 Å². The van der Waals surface area contributed by atoms with Gasteiger partial charge in [-0.15, -0.1) is 0 Å². The largest absolute Gasteiger partial charge is 0.321 e. The summed E-state index contributed by atoms with van der Waals surface area (Å²) < 4.78 is 30.3. The molecule has 0 fully saturated rings. The standard InChI is InChI=1S/C9H5ClF2N2O/c10-9-13-8(14-15-9)3-5-1-2-6(11)4-7(5)12/h1-2,4H,3H2. The Labute approximate surface area is 88.7 Å². The van der Waals surface area contributed by atoms with Crippen molar-refractivity contribution in [2.24, 2.45) is 0 Å². The van der Waals surface area contributed by atoms with E-state index in [9.17, 15) is 8.78 Å². The maximum atomic E-state index is 13.2. The minimum absolute atomic E-state index is 0.104. The first kappa shape index (κ1) is 10.0. The minimum atomic E-state index is -0.643. The topological polar surface area (TPSA) is 38.9 Å². The lowest BCUT2D eigenvalue weighted by Crippen LogP contribution is -1.95. The predicted octanol–water partition coefficient (Wildman–Crippen LogP) is 2.59. The van der Waals surface area contributed by atoms with Crippen molar-refractivity contribution in [2.75, 3.05) is 0 Å². The van der Waals surface area contributed by atoms with Crippen molar-refractivity contribution < 1.29 is 13.3 Å². The molecule has 3 nitrogen and oxygen atoms in total. The third-order valence-electron chi connectivity index (χ3n) is 1.81. The molecule has 0 N–H and O–H groups in total. The molecule has 0 aliphatic rings. The van der Waals surface area contributed by atoms with Crippen LogP contribution < -0.4 is 0 Å². The second-order valence-electron chi connectivity index (χ2n) is 2.88. The molecule has 2 aromatic rings. The van der Waals surface area contributed by atoms with Crippen LogP contribution in [0.25, 0.3) is 0 Å². The van der Waals surface area contributed by atoms with Gasteiger partial charge in [-0.2, -0.15) is 4.98 Å². The second-order valence-corrected chi connectivity index (χ2v) is 3.20. The first-order valence-electron chi connectivity index (χ1n) is 4.07. The van der Waals surface area contributed by atoms with E-state index in [-0.39, 0.29) is 23.2 Å². The zero-order valence-corrected chi connectivity index (χ0v) is 8.13. The van der Waals surface area contributed by atoms with Gasteiger partial charge in [0.25, 0.3) is 0 Å². The average molecular weight is 231 g/mol. The van der Waals surface area contributed by atoms with Crippen LogP contribution in [-0.2, 0) is 6.42 Å². The summed E-state index contributed by atoms with van der Waals surface area (Å²) in [7, 11) is 0. The Morgan fingerprint density at radius 1 is 1.33 bits per heavy atom. The maximum Gasteiger partial charge on any atom is 0.320 e. The lowest BCUT2D eigenvalue weighted by Gasteiger charge is -1.98. The smallest absolute Gasteiger partial charge is 0.320 e. The molecule has 0 aliphatic carbocycles. The van der Waals surface area contributed by atoms with Crippen LogP contribution in [0.1, 0.15) is 11.4 Å². The Kier molecular flexibility index (Phi) is 2.64. The molecule has 0 atom stereocenters. The Balaban J connectivity index is 2.24. The summed E-state index contributed by atoms with van der Waals surface area (Å²) in [5, 5.41) is 3.39. The molecule has 1 aromatic heterocycles. The van der Waals surface area contributed by atoms with Crippen molar-refractivity contribution in [3.8, 4) is 0 Å².